The van der Waals surface area contributed by atoms with E-state index in [0.717, 1.165) is 47.9 Å². The third kappa shape index (κ3) is 3.60. The van der Waals surface area contributed by atoms with Gasteiger partial charge in [-0.2, -0.15) is 5.26 Å². The first-order chi connectivity index (χ1) is 17.5. The number of likely N-dealkylation sites (tertiary alicyclic amines) is 1. The van der Waals surface area contributed by atoms with Crippen LogP contribution in [-0.2, 0) is 6.67 Å². The molecule has 1 aliphatic heterocycles. The van der Waals surface area contributed by atoms with Crippen LogP contribution in [0.5, 0.6) is 0 Å². The second-order valence-corrected chi connectivity index (χ2v) is 9.40. The van der Waals surface area contributed by atoms with E-state index in [4.69, 9.17) is 0 Å². The maximum absolute atomic E-state index is 13.6. The minimum Gasteiger partial charge on any atom is -0.319 e. The summed E-state index contributed by atoms with van der Waals surface area (Å²) in [6.07, 6.45) is 5.01. The fourth-order valence-electron chi connectivity index (χ4n) is 5.46. The van der Waals surface area contributed by atoms with Crippen LogP contribution in [0.4, 0.5) is 4.39 Å². The van der Waals surface area contributed by atoms with E-state index in [0.29, 0.717) is 23.6 Å². The maximum Gasteiger partial charge on any atom is 0.334 e. The zero-order chi connectivity index (χ0) is 24.8. The van der Waals surface area contributed by atoms with Crippen LogP contribution in [0, 0.1) is 24.1 Å². The molecule has 8 heteroatoms. The Kier molecular flexibility index (Phi) is 5.42. The highest BCUT2D eigenvalue weighted by Gasteiger charge is 2.26. The molecule has 0 N–H and O–H groups in total. The van der Waals surface area contributed by atoms with Crippen molar-refractivity contribution in [2.24, 2.45) is 0 Å². The Morgan fingerprint density at radius 2 is 1.83 bits per heavy atom. The summed E-state index contributed by atoms with van der Waals surface area (Å²) >= 11 is 0. The molecule has 0 bridgehead atoms. The Balaban J connectivity index is 1.29. The molecule has 4 heterocycles. The molecule has 0 spiro atoms. The molecule has 0 radical (unpaired) electrons. The Morgan fingerprint density at radius 3 is 2.58 bits per heavy atom. The van der Waals surface area contributed by atoms with E-state index >= 15 is 0 Å². The number of aryl methyl sites for hydroxylation is 1. The van der Waals surface area contributed by atoms with Gasteiger partial charge in [-0.25, -0.2) is 9.18 Å². The zero-order valence-electron chi connectivity index (χ0n) is 19.9. The summed E-state index contributed by atoms with van der Waals surface area (Å²) in [7, 11) is 0. The number of benzene rings is 2. The average molecular weight is 481 g/mol. The van der Waals surface area contributed by atoms with Gasteiger partial charge in [0.15, 0.2) is 0 Å². The fraction of sp³-hybridized carbons (Fsp3) is 0.250. The highest BCUT2D eigenvalue weighted by molar-refractivity contribution is 5.85. The predicted molar refractivity (Wildman–Crippen MR) is 137 cm³/mol. The van der Waals surface area contributed by atoms with Crippen LogP contribution in [0.3, 0.4) is 0 Å². The lowest BCUT2D eigenvalue weighted by Crippen LogP contribution is -2.38. The van der Waals surface area contributed by atoms with Gasteiger partial charge in [-0.05, 0) is 67.8 Å². The van der Waals surface area contributed by atoms with Gasteiger partial charge in [-0.15, -0.1) is 0 Å². The molecular weight excluding hydrogens is 455 g/mol. The first kappa shape index (κ1) is 22.3. The van der Waals surface area contributed by atoms with E-state index in [-0.39, 0.29) is 17.5 Å². The number of aromatic nitrogens is 4. The smallest absolute Gasteiger partial charge is 0.319 e. The van der Waals surface area contributed by atoms with Crippen LogP contribution in [0.25, 0.3) is 27.6 Å². The van der Waals surface area contributed by atoms with E-state index < -0.39 is 0 Å². The lowest BCUT2D eigenvalue weighted by Gasteiger charge is -2.33. The summed E-state index contributed by atoms with van der Waals surface area (Å²) in [5.41, 5.74) is 4.91. The summed E-state index contributed by atoms with van der Waals surface area (Å²) in [4.78, 5) is 20.2. The number of hydrogen-bond donors (Lipinski definition) is 0. The summed E-state index contributed by atoms with van der Waals surface area (Å²) < 4.78 is 19.1. The molecule has 0 unspecified atom stereocenters. The second kappa shape index (κ2) is 8.77. The van der Waals surface area contributed by atoms with Gasteiger partial charge >= 0.3 is 5.69 Å². The third-order valence-corrected chi connectivity index (χ3v) is 7.30. The van der Waals surface area contributed by atoms with Crippen LogP contribution >= 0.6 is 0 Å². The van der Waals surface area contributed by atoms with E-state index in [9.17, 15) is 14.4 Å². The van der Waals surface area contributed by atoms with Crippen LogP contribution in [-0.4, -0.2) is 36.7 Å². The van der Waals surface area contributed by atoms with Crippen molar-refractivity contribution in [2.75, 3.05) is 13.1 Å². The Labute approximate surface area is 207 Å². The average Bonchev–Trinajstić information content (AvgIpc) is 3.40. The molecule has 0 saturated carbocycles. The number of nitriles is 1. The molecule has 3 aromatic heterocycles. The van der Waals surface area contributed by atoms with E-state index in [1.807, 2.05) is 22.8 Å². The largest absolute Gasteiger partial charge is 0.334 e. The Hall–Kier alpha value is -4.22. The minimum absolute atomic E-state index is 0.0411. The number of imidazole rings is 1. The molecule has 0 aliphatic carbocycles. The van der Waals surface area contributed by atoms with Gasteiger partial charge in [0.2, 0.25) is 0 Å². The standard InChI is InChI=1S/C28H25FN6O/c1-19-3-2-4-25-24(19)15-23(16-30)33(25)18-32-13-10-22(11-14-32)34-26-9-12-31-17-27(26)35(28(34)36)21-7-5-20(29)6-8-21/h2-9,12,15,17,22H,10-11,13-14,18H2,1H3. The lowest BCUT2D eigenvalue weighted by atomic mass is 10.0. The quantitative estimate of drug-likeness (QED) is 0.372. The van der Waals surface area contributed by atoms with Crippen molar-refractivity contribution < 1.29 is 4.39 Å². The van der Waals surface area contributed by atoms with Gasteiger partial charge < -0.3 is 4.57 Å². The fourth-order valence-corrected chi connectivity index (χ4v) is 5.46. The van der Waals surface area contributed by atoms with Crippen molar-refractivity contribution in [1.82, 2.24) is 23.6 Å². The van der Waals surface area contributed by atoms with Crippen molar-refractivity contribution in [2.45, 2.75) is 32.5 Å². The number of rotatable bonds is 4. The van der Waals surface area contributed by atoms with Gasteiger partial charge in [0, 0.05) is 30.7 Å². The predicted octanol–water partition coefficient (Wildman–Crippen LogP) is 4.76. The van der Waals surface area contributed by atoms with Crippen molar-refractivity contribution in [3.8, 4) is 11.8 Å². The number of halogens is 1. The molecule has 1 saturated heterocycles. The molecule has 2 aromatic carbocycles. The van der Waals surface area contributed by atoms with Crippen molar-refractivity contribution in [3.05, 3.63) is 94.5 Å². The lowest BCUT2D eigenvalue weighted by molar-refractivity contribution is 0.152. The van der Waals surface area contributed by atoms with Gasteiger partial charge in [0.1, 0.15) is 17.6 Å². The molecular formula is C28H25FN6O. The first-order valence-corrected chi connectivity index (χ1v) is 12.1. The molecule has 1 fully saturated rings. The Bertz CT molecular complexity index is 1680. The maximum atomic E-state index is 13.6. The third-order valence-electron chi connectivity index (χ3n) is 7.30. The monoisotopic (exact) mass is 480 g/mol. The van der Waals surface area contributed by atoms with Gasteiger partial charge in [0.25, 0.3) is 0 Å². The zero-order valence-corrected chi connectivity index (χ0v) is 19.9. The highest BCUT2D eigenvalue weighted by Crippen LogP contribution is 2.29. The van der Waals surface area contributed by atoms with E-state index in [2.05, 4.69) is 39.6 Å². The van der Waals surface area contributed by atoms with Crippen LogP contribution in [0.2, 0.25) is 0 Å². The molecule has 36 heavy (non-hydrogen) atoms. The van der Waals surface area contributed by atoms with Crippen LogP contribution in [0.1, 0.15) is 30.1 Å². The SMILES string of the molecule is Cc1cccc2c1cc(C#N)n2CN1CCC(n2c(=O)n(-c3ccc(F)cc3)c3cnccc32)CC1. The second-order valence-electron chi connectivity index (χ2n) is 9.40. The van der Waals surface area contributed by atoms with E-state index in [1.54, 1.807) is 29.1 Å². The number of fused-ring (bicyclic) bond motifs is 2. The summed E-state index contributed by atoms with van der Waals surface area (Å²) in [6, 6.07) is 18.3. The molecule has 6 rings (SSSR count). The molecule has 0 atom stereocenters. The number of hydrogen-bond acceptors (Lipinski definition) is 4. The van der Waals surface area contributed by atoms with Crippen LogP contribution in [0.15, 0.2) is 71.8 Å². The normalized spacial score (nSPS) is 15.0. The molecule has 0 amide bonds. The molecule has 7 nitrogen and oxygen atoms in total. The topological polar surface area (TPSA) is 71.8 Å². The van der Waals surface area contributed by atoms with Crippen LogP contribution < -0.4 is 5.69 Å². The first-order valence-electron chi connectivity index (χ1n) is 12.1. The van der Waals surface area contributed by atoms with Gasteiger partial charge in [-0.1, -0.05) is 12.1 Å². The molecule has 1 aliphatic rings. The summed E-state index contributed by atoms with van der Waals surface area (Å²) in [5, 5.41) is 10.8. The van der Waals surface area contributed by atoms with Gasteiger partial charge in [-0.3, -0.25) is 19.0 Å². The number of piperidine rings is 1. The van der Waals surface area contributed by atoms with Crippen molar-refractivity contribution >= 4 is 21.9 Å². The van der Waals surface area contributed by atoms with Crippen molar-refractivity contribution in [1.29, 1.82) is 5.26 Å². The highest BCUT2D eigenvalue weighted by atomic mass is 19.1. The summed E-state index contributed by atoms with van der Waals surface area (Å²) in [5.74, 6) is -0.341. The summed E-state index contributed by atoms with van der Waals surface area (Å²) in [6.45, 7) is 4.32. The molecule has 5 aromatic rings. The van der Waals surface area contributed by atoms with Gasteiger partial charge in [0.05, 0.1) is 35.1 Å². The number of pyridine rings is 1. The molecule has 180 valence electrons. The van der Waals surface area contributed by atoms with E-state index in [1.165, 1.54) is 12.1 Å². The number of nitrogens with zero attached hydrogens (tertiary/aromatic N) is 6. The van der Waals surface area contributed by atoms with Crippen molar-refractivity contribution in [3.63, 3.8) is 0 Å². The Morgan fingerprint density at radius 1 is 1.06 bits per heavy atom. The minimum atomic E-state index is -0.341.